The molecule has 0 N–H and O–H groups in total. The molecule has 2 aromatic carbocycles. The number of benzene rings is 2. The van der Waals surface area contributed by atoms with Gasteiger partial charge in [-0.1, -0.05) is 96.4 Å². The number of rotatable bonds is 4. The summed E-state index contributed by atoms with van der Waals surface area (Å²) in [7, 11) is 2.08. The molecule has 4 rings (SSSR count). The Hall–Kier alpha value is -2.02. The molecule has 1 amide bonds. The van der Waals surface area contributed by atoms with Crippen molar-refractivity contribution < 1.29 is 4.79 Å². The molecule has 1 fully saturated rings. The maximum Gasteiger partial charge on any atom is 0.266 e. The summed E-state index contributed by atoms with van der Waals surface area (Å²) in [5, 5.41) is 0.0844. The van der Waals surface area contributed by atoms with Crippen molar-refractivity contribution in [3.8, 4) is 0 Å². The number of thioether (sulfide) groups is 2. The van der Waals surface area contributed by atoms with E-state index in [1.165, 1.54) is 27.9 Å². The van der Waals surface area contributed by atoms with Crippen LogP contribution in [0.2, 0.25) is 0 Å². The summed E-state index contributed by atoms with van der Waals surface area (Å²) in [5.41, 5.74) is 3.49. The van der Waals surface area contributed by atoms with Gasteiger partial charge in [0.05, 0.1) is 22.5 Å². The highest BCUT2D eigenvalue weighted by Crippen LogP contribution is 2.44. The highest BCUT2D eigenvalue weighted by atomic mass is 32.2. The van der Waals surface area contributed by atoms with Crippen molar-refractivity contribution >= 4 is 51.7 Å². The van der Waals surface area contributed by atoms with Gasteiger partial charge in [-0.25, -0.2) is 0 Å². The number of hydrogen-bond acceptors (Lipinski definition) is 5. The molecule has 6 heteroatoms. The van der Waals surface area contributed by atoms with E-state index in [0.717, 1.165) is 5.56 Å². The van der Waals surface area contributed by atoms with Crippen LogP contribution in [0.4, 0.5) is 0 Å². The Morgan fingerprint density at radius 3 is 2.39 bits per heavy atom. The Labute approximate surface area is 179 Å². The normalized spacial score (nSPS) is 21.4. The Morgan fingerprint density at radius 2 is 1.71 bits per heavy atom. The van der Waals surface area contributed by atoms with Gasteiger partial charge in [-0.15, -0.1) is 0 Å². The van der Waals surface area contributed by atoms with Gasteiger partial charge in [0.25, 0.3) is 5.91 Å². The standard InChI is InChI=1S/C22H20N2OS3/c1-15-20(17-11-7-4-8-12-17)23(2)19(27-15)13-18-21(25)24(22(26)28-18)14-16-9-5-3-6-10-16/h3-13,19H,14H2,1-2H3/b18-13-. The molecule has 2 aromatic rings. The molecule has 0 bridgehead atoms. The zero-order chi connectivity index (χ0) is 19.7. The fraction of sp³-hybridized carbons (Fsp3) is 0.182. The first-order valence-electron chi connectivity index (χ1n) is 9.00. The van der Waals surface area contributed by atoms with Gasteiger partial charge < -0.3 is 4.90 Å². The van der Waals surface area contributed by atoms with Crippen molar-refractivity contribution in [1.82, 2.24) is 9.80 Å². The maximum absolute atomic E-state index is 13.0. The van der Waals surface area contributed by atoms with E-state index in [1.807, 2.05) is 36.4 Å². The minimum atomic E-state index is -0.00123. The Morgan fingerprint density at radius 1 is 1.07 bits per heavy atom. The SMILES string of the molecule is CC1=C(c2ccccc2)N(C)C(/C=C2\SC(=S)N(Cc3ccccc3)C2=O)S1. The van der Waals surface area contributed by atoms with E-state index in [9.17, 15) is 4.79 Å². The third kappa shape index (κ3) is 3.77. The van der Waals surface area contributed by atoms with Crippen LogP contribution in [-0.2, 0) is 11.3 Å². The minimum absolute atomic E-state index is 0.00123. The first-order valence-corrected chi connectivity index (χ1v) is 11.1. The molecule has 0 aromatic heterocycles. The lowest BCUT2D eigenvalue weighted by Gasteiger charge is -2.22. The predicted molar refractivity (Wildman–Crippen MR) is 123 cm³/mol. The van der Waals surface area contributed by atoms with Gasteiger partial charge in [-0.05, 0) is 24.1 Å². The minimum Gasteiger partial charge on any atom is -0.358 e. The molecule has 28 heavy (non-hydrogen) atoms. The molecule has 3 nitrogen and oxygen atoms in total. The van der Waals surface area contributed by atoms with Crippen LogP contribution < -0.4 is 0 Å². The van der Waals surface area contributed by atoms with Crippen molar-refractivity contribution in [2.45, 2.75) is 18.8 Å². The van der Waals surface area contributed by atoms with Crippen LogP contribution in [-0.4, -0.2) is 32.4 Å². The molecule has 0 aliphatic carbocycles. The average molecular weight is 425 g/mol. The summed E-state index contributed by atoms with van der Waals surface area (Å²) >= 11 is 8.66. The first-order chi connectivity index (χ1) is 13.5. The van der Waals surface area contributed by atoms with Gasteiger partial charge in [0, 0.05) is 12.0 Å². The van der Waals surface area contributed by atoms with E-state index in [-0.39, 0.29) is 11.3 Å². The van der Waals surface area contributed by atoms with Crippen molar-refractivity contribution in [3.05, 3.63) is 87.7 Å². The maximum atomic E-state index is 13.0. The third-order valence-corrected chi connectivity index (χ3v) is 7.40. The summed E-state index contributed by atoms with van der Waals surface area (Å²) in [6.45, 7) is 2.65. The quantitative estimate of drug-likeness (QED) is 0.488. The van der Waals surface area contributed by atoms with Gasteiger partial charge in [-0.3, -0.25) is 9.69 Å². The van der Waals surface area contributed by atoms with Gasteiger partial charge in [0.1, 0.15) is 4.32 Å². The molecular formula is C22H20N2OS3. The summed E-state index contributed by atoms with van der Waals surface area (Å²) < 4.78 is 0.624. The average Bonchev–Trinajstić information content (AvgIpc) is 3.13. The lowest BCUT2D eigenvalue weighted by Crippen LogP contribution is -2.28. The highest BCUT2D eigenvalue weighted by molar-refractivity contribution is 8.26. The van der Waals surface area contributed by atoms with Crippen LogP contribution in [0.5, 0.6) is 0 Å². The molecule has 2 aliphatic heterocycles. The lowest BCUT2D eigenvalue weighted by atomic mass is 10.1. The van der Waals surface area contributed by atoms with Gasteiger partial charge >= 0.3 is 0 Å². The fourth-order valence-corrected chi connectivity index (χ4v) is 5.93. The zero-order valence-corrected chi connectivity index (χ0v) is 18.1. The van der Waals surface area contributed by atoms with Gasteiger partial charge in [0.15, 0.2) is 0 Å². The molecule has 142 valence electrons. The molecule has 2 aliphatic rings. The van der Waals surface area contributed by atoms with Crippen LogP contribution in [0.25, 0.3) is 5.70 Å². The second kappa shape index (κ2) is 8.15. The van der Waals surface area contributed by atoms with E-state index < -0.39 is 0 Å². The van der Waals surface area contributed by atoms with Gasteiger partial charge in [0.2, 0.25) is 0 Å². The first kappa shape index (κ1) is 19.3. The van der Waals surface area contributed by atoms with Crippen LogP contribution >= 0.6 is 35.7 Å². The van der Waals surface area contributed by atoms with Crippen LogP contribution in [0.3, 0.4) is 0 Å². The van der Waals surface area contributed by atoms with E-state index in [0.29, 0.717) is 15.8 Å². The van der Waals surface area contributed by atoms with Crippen LogP contribution in [0.15, 0.2) is 76.5 Å². The fourth-order valence-electron chi connectivity index (χ4n) is 3.39. The molecule has 1 unspecified atom stereocenters. The Balaban J connectivity index is 1.52. The number of allylic oxidation sites excluding steroid dienone is 1. The van der Waals surface area contributed by atoms with Gasteiger partial charge in [-0.2, -0.15) is 0 Å². The lowest BCUT2D eigenvalue weighted by molar-refractivity contribution is -0.122. The van der Waals surface area contributed by atoms with Crippen LogP contribution in [0, 0.1) is 0 Å². The number of carbonyl (C=O) groups is 1. The van der Waals surface area contributed by atoms with E-state index >= 15 is 0 Å². The zero-order valence-electron chi connectivity index (χ0n) is 15.7. The van der Waals surface area contributed by atoms with E-state index in [1.54, 1.807) is 16.7 Å². The predicted octanol–water partition coefficient (Wildman–Crippen LogP) is 5.32. The Kier molecular flexibility index (Phi) is 5.62. The molecule has 0 radical (unpaired) electrons. The van der Waals surface area contributed by atoms with Crippen molar-refractivity contribution in [2.75, 3.05) is 7.05 Å². The van der Waals surface area contributed by atoms with Crippen LogP contribution in [0.1, 0.15) is 18.1 Å². The largest absolute Gasteiger partial charge is 0.358 e. The van der Waals surface area contributed by atoms with Crippen molar-refractivity contribution in [2.24, 2.45) is 0 Å². The van der Waals surface area contributed by atoms with E-state index in [2.05, 4.69) is 49.2 Å². The molecular weight excluding hydrogens is 404 g/mol. The topological polar surface area (TPSA) is 23.6 Å². The van der Waals surface area contributed by atoms with Crippen molar-refractivity contribution in [1.29, 1.82) is 0 Å². The van der Waals surface area contributed by atoms with Crippen molar-refractivity contribution in [3.63, 3.8) is 0 Å². The summed E-state index contributed by atoms with van der Waals surface area (Å²) in [6, 6.07) is 20.3. The molecule has 0 spiro atoms. The number of thiocarbonyl (C=S) groups is 1. The summed E-state index contributed by atoms with van der Waals surface area (Å²) in [5.74, 6) is -0.00123. The number of carbonyl (C=O) groups excluding carboxylic acids is 1. The summed E-state index contributed by atoms with van der Waals surface area (Å²) in [6.07, 6.45) is 2.05. The number of hydrogen-bond donors (Lipinski definition) is 0. The second-order valence-corrected chi connectivity index (χ2v) is 9.67. The number of likely N-dealkylation sites (N-methyl/N-ethyl adjacent to an activating group) is 1. The highest BCUT2D eigenvalue weighted by Gasteiger charge is 2.35. The molecule has 2 heterocycles. The smallest absolute Gasteiger partial charge is 0.266 e. The third-order valence-electron chi connectivity index (χ3n) is 4.76. The monoisotopic (exact) mass is 424 g/mol. The molecule has 1 saturated heterocycles. The van der Waals surface area contributed by atoms with E-state index in [4.69, 9.17) is 12.2 Å². The Bertz CT molecular complexity index is 970. The summed E-state index contributed by atoms with van der Waals surface area (Å²) in [4.78, 5) is 18.9. The number of nitrogens with zero attached hydrogens (tertiary/aromatic N) is 2. The second-order valence-electron chi connectivity index (χ2n) is 6.67. The molecule has 0 saturated carbocycles. The molecule has 1 atom stereocenters. The number of amides is 1.